The molecule has 0 atom stereocenters. The Hall–Kier alpha value is -2.58. The Bertz CT molecular complexity index is 702. The summed E-state index contributed by atoms with van der Waals surface area (Å²) in [5.74, 6) is -0.973. The quantitative estimate of drug-likeness (QED) is 0.443. The molecule has 0 aromatic heterocycles. The molecule has 0 bridgehead atoms. The summed E-state index contributed by atoms with van der Waals surface area (Å²) in [6.07, 6.45) is 2.45. The topological polar surface area (TPSA) is 81.5 Å². The summed E-state index contributed by atoms with van der Waals surface area (Å²) in [6.45, 7) is -1.24. The van der Waals surface area contributed by atoms with Gasteiger partial charge in [-0.2, -0.15) is 13.2 Å². The molecule has 9 heteroatoms. The van der Waals surface area contributed by atoms with Crippen LogP contribution in [0.5, 0.6) is 5.75 Å². The van der Waals surface area contributed by atoms with E-state index in [-0.39, 0.29) is 11.3 Å². The summed E-state index contributed by atoms with van der Waals surface area (Å²) in [5, 5.41) is 13.7. The first-order valence-corrected chi connectivity index (χ1v) is 8.20. The van der Waals surface area contributed by atoms with Crippen molar-refractivity contribution in [3.05, 3.63) is 45.5 Å². The van der Waals surface area contributed by atoms with Crippen LogP contribution in [0, 0.1) is 10.1 Å². The van der Waals surface area contributed by atoms with Crippen LogP contribution in [0.2, 0.25) is 0 Å². The third-order valence-corrected chi connectivity index (χ3v) is 3.93. The van der Waals surface area contributed by atoms with Gasteiger partial charge in [0.05, 0.1) is 4.92 Å². The van der Waals surface area contributed by atoms with Crippen molar-refractivity contribution in [3.63, 3.8) is 0 Å². The van der Waals surface area contributed by atoms with Gasteiger partial charge in [-0.3, -0.25) is 14.9 Å². The van der Waals surface area contributed by atoms with Gasteiger partial charge in [0.25, 0.3) is 11.6 Å². The van der Waals surface area contributed by atoms with Gasteiger partial charge in [0.15, 0.2) is 6.61 Å². The predicted molar refractivity (Wildman–Crippen MR) is 88.1 cm³/mol. The summed E-state index contributed by atoms with van der Waals surface area (Å²) in [4.78, 5) is 22.6. The fraction of sp³-hybridized carbons (Fsp3) is 0.471. The molecule has 1 aromatic carbocycles. The average Bonchev–Trinajstić information content (AvgIpc) is 2.60. The van der Waals surface area contributed by atoms with Gasteiger partial charge in [-0.05, 0) is 44.2 Å². The van der Waals surface area contributed by atoms with Crippen molar-refractivity contribution in [3.8, 4) is 5.75 Å². The molecule has 1 aliphatic rings. The van der Waals surface area contributed by atoms with Gasteiger partial charge >= 0.3 is 6.18 Å². The minimum atomic E-state index is -4.54. The number of nitrogens with zero attached hydrogens (tertiary/aromatic N) is 1. The number of allylic oxidation sites excluding steroid dienone is 1. The smallest absolute Gasteiger partial charge is 0.422 e. The number of hydrogen-bond donors (Lipinski definition) is 1. The second-order valence-electron chi connectivity index (χ2n) is 5.95. The monoisotopic (exact) mass is 372 g/mol. The van der Waals surface area contributed by atoms with E-state index in [9.17, 15) is 28.1 Å². The lowest BCUT2D eigenvalue weighted by Gasteiger charge is -2.13. The van der Waals surface area contributed by atoms with E-state index in [2.05, 4.69) is 16.1 Å². The van der Waals surface area contributed by atoms with Crippen molar-refractivity contribution in [2.75, 3.05) is 13.2 Å². The molecule has 0 unspecified atom stereocenters. The zero-order valence-corrected chi connectivity index (χ0v) is 14.0. The predicted octanol–water partition coefficient (Wildman–Crippen LogP) is 4.16. The third kappa shape index (κ3) is 6.05. The van der Waals surface area contributed by atoms with Crippen molar-refractivity contribution < 1.29 is 27.6 Å². The number of ether oxygens (including phenoxy) is 1. The summed E-state index contributed by atoms with van der Waals surface area (Å²) < 4.78 is 41.3. The minimum absolute atomic E-state index is 0.256. The number of nitro groups is 1. The van der Waals surface area contributed by atoms with Crippen LogP contribution in [0.25, 0.3) is 0 Å². The molecule has 6 nitrogen and oxygen atoms in total. The molecule has 0 saturated carbocycles. The van der Waals surface area contributed by atoms with Crippen molar-refractivity contribution in [1.29, 1.82) is 0 Å². The third-order valence-electron chi connectivity index (χ3n) is 3.93. The normalized spacial score (nSPS) is 14.5. The molecule has 1 N–H and O–H groups in total. The fourth-order valence-corrected chi connectivity index (χ4v) is 2.67. The van der Waals surface area contributed by atoms with E-state index < -0.39 is 29.3 Å². The van der Waals surface area contributed by atoms with Gasteiger partial charge in [0.2, 0.25) is 0 Å². The maximum atomic E-state index is 12.3. The number of nitro benzene ring substituents is 1. The molecular weight excluding hydrogens is 353 g/mol. The Kier molecular flexibility index (Phi) is 6.59. The standard InChI is InChI=1S/C17H19F3N2O4/c18-17(19,20)11-26-13-6-7-15(22(24)25)14(10-13)16(23)21-9-8-12-4-2-1-3-5-12/h4,6-7,10H,1-3,5,8-9,11H2,(H,21,23). The van der Waals surface area contributed by atoms with E-state index in [1.165, 1.54) is 5.57 Å². The SMILES string of the molecule is O=C(NCCC1=CCCCC1)c1cc(OCC(F)(F)F)ccc1[N+](=O)[O-]. The summed E-state index contributed by atoms with van der Waals surface area (Å²) >= 11 is 0. The lowest BCUT2D eigenvalue weighted by molar-refractivity contribution is -0.385. The number of rotatable bonds is 7. The molecule has 1 aliphatic carbocycles. The zero-order valence-electron chi connectivity index (χ0n) is 14.0. The summed E-state index contributed by atoms with van der Waals surface area (Å²) in [5.41, 5.74) is 0.416. The van der Waals surface area contributed by atoms with Crippen LogP contribution in [0.4, 0.5) is 18.9 Å². The Labute approximate surface area is 148 Å². The van der Waals surface area contributed by atoms with Crippen molar-refractivity contribution >= 4 is 11.6 Å². The van der Waals surface area contributed by atoms with Crippen LogP contribution < -0.4 is 10.1 Å². The van der Waals surface area contributed by atoms with Crippen LogP contribution in [-0.4, -0.2) is 30.2 Å². The molecule has 1 aromatic rings. The molecule has 0 heterocycles. The molecule has 1 amide bonds. The van der Waals surface area contributed by atoms with Crippen LogP contribution >= 0.6 is 0 Å². The molecule has 0 radical (unpaired) electrons. The van der Waals surface area contributed by atoms with Crippen LogP contribution in [0.3, 0.4) is 0 Å². The molecule has 0 spiro atoms. The maximum Gasteiger partial charge on any atom is 0.422 e. The van der Waals surface area contributed by atoms with Crippen LogP contribution in [0.15, 0.2) is 29.8 Å². The minimum Gasteiger partial charge on any atom is -0.484 e. The Morgan fingerprint density at radius 2 is 2.08 bits per heavy atom. The van der Waals surface area contributed by atoms with Gasteiger partial charge in [0, 0.05) is 12.6 Å². The first-order chi connectivity index (χ1) is 12.3. The highest BCUT2D eigenvalue weighted by Crippen LogP contribution is 2.26. The number of nitrogens with one attached hydrogen (secondary N) is 1. The van der Waals surface area contributed by atoms with Gasteiger partial charge in [-0.15, -0.1) is 0 Å². The zero-order chi connectivity index (χ0) is 19.2. The first-order valence-electron chi connectivity index (χ1n) is 8.20. The molecule has 0 saturated heterocycles. The number of carbonyl (C=O) groups is 1. The van der Waals surface area contributed by atoms with E-state index in [1.54, 1.807) is 0 Å². The summed E-state index contributed by atoms with van der Waals surface area (Å²) in [7, 11) is 0. The number of benzene rings is 1. The molecule has 26 heavy (non-hydrogen) atoms. The van der Waals surface area contributed by atoms with Crippen LogP contribution in [-0.2, 0) is 0 Å². The van der Waals surface area contributed by atoms with Crippen molar-refractivity contribution in [2.45, 2.75) is 38.3 Å². The number of halogens is 3. The molecule has 142 valence electrons. The Morgan fingerprint density at radius 1 is 1.31 bits per heavy atom. The lowest BCUT2D eigenvalue weighted by atomic mass is 9.97. The fourth-order valence-electron chi connectivity index (χ4n) is 2.67. The number of hydrogen-bond acceptors (Lipinski definition) is 4. The van der Waals surface area contributed by atoms with E-state index in [1.807, 2.05) is 0 Å². The number of alkyl halides is 3. The van der Waals surface area contributed by atoms with Gasteiger partial charge < -0.3 is 10.1 Å². The summed E-state index contributed by atoms with van der Waals surface area (Å²) in [6, 6.07) is 2.96. The van der Waals surface area contributed by atoms with E-state index in [0.29, 0.717) is 13.0 Å². The molecule has 2 rings (SSSR count). The Balaban J connectivity index is 2.04. The van der Waals surface area contributed by atoms with E-state index in [4.69, 9.17) is 0 Å². The van der Waals surface area contributed by atoms with Gasteiger partial charge in [0.1, 0.15) is 11.3 Å². The van der Waals surface area contributed by atoms with E-state index >= 15 is 0 Å². The van der Waals surface area contributed by atoms with Gasteiger partial charge in [-0.1, -0.05) is 11.6 Å². The first kappa shape index (κ1) is 19.7. The molecular formula is C17H19F3N2O4. The maximum absolute atomic E-state index is 12.3. The Morgan fingerprint density at radius 3 is 2.69 bits per heavy atom. The van der Waals surface area contributed by atoms with Crippen LogP contribution in [0.1, 0.15) is 42.5 Å². The largest absolute Gasteiger partial charge is 0.484 e. The van der Waals surface area contributed by atoms with Gasteiger partial charge in [-0.25, -0.2) is 0 Å². The van der Waals surface area contributed by atoms with Crippen molar-refractivity contribution in [1.82, 2.24) is 5.32 Å². The van der Waals surface area contributed by atoms with E-state index in [0.717, 1.165) is 43.9 Å². The highest BCUT2D eigenvalue weighted by Gasteiger charge is 2.29. The second-order valence-corrected chi connectivity index (χ2v) is 5.95. The number of amides is 1. The van der Waals surface area contributed by atoms with Crippen molar-refractivity contribution in [2.24, 2.45) is 0 Å². The highest BCUT2D eigenvalue weighted by atomic mass is 19.4. The highest BCUT2D eigenvalue weighted by molar-refractivity contribution is 5.98. The average molecular weight is 372 g/mol. The number of carbonyl (C=O) groups excluding carboxylic acids is 1. The second kappa shape index (κ2) is 8.68. The molecule has 0 fully saturated rings. The lowest BCUT2D eigenvalue weighted by Crippen LogP contribution is -2.26. The molecule has 0 aliphatic heterocycles.